The summed E-state index contributed by atoms with van der Waals surface area (Å²) < 4.78 is 10.5. The highest BCUT2D eigenvalue weighted by molar-refractivity contribution is 5.94. The number of likely N-dealkylation sites (tertiary alicyclic amines) is 1. The maximum atomic E-state index is 13.0. The predicted molar refractivity (Wildman–Crippen MR) is 96.5 cm³/mol. The molecule has 0 bridgehead atoms. The Balaban J connectivity index is 2.04. The van der Waals surface area contributed by atoms with E-state index in [-0.39, 0.29) is 42.4 Å². The van der Waals surface area contributed by atoms with Gasteiger partial charge in [-0.05, 0) is 45.4 Å². The van der Waals surface area contributed by atoms with Crippen LogP contribution in [-0.2, 0) is 14.3 Å². The zero-order valence-corrected chi connectivity index (χ0v) is 16.8. The molecule has 0 aromatic carbocycles. The van der Waals surface area contributed by atoms with Gasteiger partial charge < -0.3 is 14.4 Å². The molecule has 26 heavy (non-hydrogen) atoms. The molecule has 3 amide bonds. The van der Waals surface area contributed by atoms with E-state index in [0.29, 0.717) is 13.1 Å². The van der Waals surface area contributed by atoms with Gasteiger partial charge in [-0.2, -0.15) is 0 Å². The smallest absolute Gasteiger partial charge is 0.416 e. The van der Waals surface area contributed by atoms with Crippen LogP contribution in [0.5, 0.6) is 0 Å². The largest absolute Gasteiger partial charge is 0.447 e. The summed E-state index contributed by atoms with van der Waals surface area (Å²) in [5, 5.41) is 0. The summed E-state index contributed by atoms with van der Waals surface area (Å²) in [4.78, 5) is 40.3. The maximum Gasteiger partial charge on any atom is 0.416 e. The lowest BCUT2D eigenvalue weighted by Crippen LogP contribution is -2.49. The Morgan fingerprint density at radius 2 is 1.88 bits per heavy atom. The highest BCUT2D eigenvalue weighted by Crippen LogP contribution is 2.29. The average Bonchev–Trinajstić information content (AvgIpc) is 2.94. The highest BCUT2D eigenvalue weighted by Gasteiger charge is 2.43. The van der Waals surface area contributed by atoms with E-state index >= 15 is 0 Å². The molecule has 0 aromatic rings. The van der Waals surface area contributed by atoms with Crippen molar-refractivity contribution in [1.82, 2.24) is 9.80 Å². The van der Waals surface area contributed by atoms with Crippen molar-refractivity contribution in [2.45, 2.75) is 66.0 Å². The Bertz CT molecular complexity index is 555. The van der Waals surface area contributed by atoms with Crippen LogP contribution in [0.2, 0.25) is 0 Å². The monoisotopic (exact) mass is 368 g/mol. The van der Waals surface area contributed by atoms with Gasteiger partial charge in [-0.15, -0.1) is 0 Å². The molecule has 3 atom stereocenters. The molecule has 7 heteroatoms. The number of hydrogen-bond donors (Lipinski definition) is 0. The third-order valence-electron chi connectivity index (χ3n) is 5.12. The quantitative estimate of drug-likeness (QED) is 0.764. The van der Waals surface area contributed by atoms with Crippen LogP contribution in [0.3, 0.4) is 0 Å². The zero-order chi connectivity index (χ0) is 19.6. The number of nitrogens with zero attached hydrogens (tertiary/aromatic N) is 2. The molecule has 0 spiro atoms. The Morgan fingerprint density at radius 1 is 1.23 bits per heavy atom. The third kappa shape index (κ3) is 4.68. The SMILES string of the molecule is CC(C)[C@H]1COC(=O)N1C(=O)[C@@H](C)C1CCCN(C(=O)OC(C)(C)C)C1. The minimum absolute atomic E-state index is 0.00461. The molecule has 0 radical (unpaired) electrons. The molecule has 0 aromatic heterocycles. The standard InChI is InChI=1S/C19H32N2O5/c1-12(2)15-11-25-18(24)21(15)16(22)13(3)14-8-7-9-20(10-14)17(23)26-19(4,5)6/h12-15H,7-11H2,1-6H3/t13-,14?,15+/m0/s1. The number of hydrogen-bond acceptors (Lipinski definition) is 5. The summed E-state index contributed by atoms with van der Waals surface area (Å²) >= 11 is 0. The molecule has 1 unspecified atom stereocenters. The molecule has 7 nitrogen and oxygen atoms in total. The van der Waals surface area contributed by atoms with Crippen LogP contribution >= 0.6 is 0 Å². The molecule has 2 heterocycles. The Hall–Kier alpha value is -1.79. The van der Waals surface area contributed by atoms with Gasteiger partial charge in [-0.25, -0.2) is 14.5 Å². The van der Waals surface area contributed by atoms with Crippen molar-refractivity contribution in [3.8, 4) is 0 Å². The van der Waals surface area contributed by atoms with E-state index in [1.54, 1.807) is 4.90 Å². The minimum Gasteiger partial charge on any atom is -0.447 e. The first kappa shape index (κ1) is 20.5. The first-order chi connectivity index (χ1) is 12.0. The van der Waals surface area contributed by atoms with Gasteiger partial charge in [-0.3, -0.25) is 4.79 Å². The number of carbonyl (C=O) groups is 3. The summed E-state index contributed by atoms with van der Waals surface area (Å²) in [6, 6.07) is -0.219. The van der Waals surface area contributed by atoms with Crippen molar-refractivity contribution in [2.24, 2.45) is 17.8 Å². The van der Waals surface area contributed by atoms with Crippen molar-refractivity contribution in [1.29, 1.82) is 0 Å². The van der Waals surface area contributed by atoms with E-state index in [9.17, 15) is 14.4 Å². The van der Waals surface area contributed by atoms with Gasteiger partial charge in [0.25, 0.3) is 0 Å². The summed E-state index contributed by atoms with van der Waals surface area (Å²) in [5.74, 6) is -0.415. The van der Waals surface area contributed by atoms with Gasteiger partial charge in [0.1, 0.15) is 12.2 Å². The van der Waals surface area contributed by atoms with Gasteiger partial charge in [0, 0.05) is 19.0 Å². The number of rotatable bonds is 3. The Morgan fingerprint density at radius 3 is 2.46 bits per heavy atom. The molecule has 0 N–H and O–H groups in total. The first-order valence-corrected chi connectivity index (χ1v) is 9.49. The van der Waals surface area contributed by atoms with Gasteiger partial charge in [0.15, 0.2) is 0 Å². The van der Waals surface area contributed by atoms with Crippen LogP contribution in [0.15, 0.2) is 0 Å². The van der Waals surface area contributed by atoms with Gasteiger partial charge in [0.2, 0.25) is 5.91 Å². The number of cyclic esters (lactones) is 1. The molecule has 2 saturated heterocycles. The maximum absolute atomic E-state index is 13.0. The number of piperidine rings is 1. The molecule has 0 aliphatic carbocycles. The van der Waals surface area contributed by atoms with E-state index < -0.39 is 11.7 Å². The summed E-state index contributed by atoms with van der Waals surface area (Å²) in [5.41, 5.74) is -0.546. The van der Waals surface area contributed by atoms with Crippen molar-refractivity contribution in [3.63, 3.8) is 0 Å². The van der Waals surface area contributed by atoms with Crippen molar-refractivity contribution >= 4 is 18.1 Å². The van der Waals surface area contributed by atoms with E-state index in [4.69, 9.17) is 9.47 Å². The van der Waals surface area contributed by atoms with Gasteiger partial charge in [0.05, 0.1) is 6.04 Å². The lowest BCUT2D eigenvalue weighted by molar-refractivity contribution is -0.136. The fourth-order valence-electron chi connectivity index (χ4n) is 3.51. The van der Waals surface area contributed by atoms with E-state index in [2.05, 4.69) is 0 Å². The molecule has 2 aliphatic rings. The number of carbonyl (C=O) groups excluding carboxylic acids is 3. The molecule has 0 saturated carbocycles. The van der Waals surface area contributed by atoms with Crippen molar-refractivity contribution in [3.05, 3.63) is 0 Å². The number of imide groups is 1. The van der Waals surface area contributed by atoms with Crippen LogP contribution in [-0.4, -0.2) is 59.2 Å². The predicted octanol–water partition coefficient (Wildman–Crippen LogP) is 3.27. The average molecular weight is 368 g/mol. The molecule has 2 rings (SSSR count). The van der Waals surface area contributed by atoms with E-state index in [0.717, 1.165) is 12.8 Å². The Kier molecular flexibility index (Phi) is 6.19. The van der Waals surface area contributed by atoms with Crippen LogP contribution in [0.4, 0.5) is 9.59 Å². The third-order valence-corrected chi connectivity index (χ3v) is 5.12. The lowest BCUT2D eigenvalue weighted by Gasteiger charge is -2.37. The normalized spacial score (nSPS) is 25.3. The second-order valence-electron chi connectivity index (χ2n) is 8.71. The van der Waals surface area contributed by atoms with E-state index in [1.165, 1.54) is 4.90 Å². The van der Waals surface area contributed by atoms with E-state index in [1.807, 2.05) is 41.5 Å². The van der Waals surface area contributed by atoms with Gasteiger partial charge >= 0.3 is 12.2 Å². The molecular formula is C19H32N2O5. The lowest BCUT2D eigenvalue weighted by atomic mass is 9.85. The second kappa shape index (κ2) is 7.84. The van der Waals surface area contributed by atoms with Crippen molar-refractivity contribution < 1.29 is 23.9 Å². The summed E-state index contributed by atoms with van der Waals surface area (Å²) in [7, 11) is 0. The molecule has 2 fully saturated rings. The zero-order valence-electron chi connectivity index (χ0n) is 16.8. The fourth-order valence-corrected chi connectivity index (χ4v) is 3.51. The van der Waals surface area contributed by atoms with Gasteiger partial charge in [-0.1, -0.05) is 20.8 Å². The highest BCUT2D eigenvalue weighted by atomic mass is 16.6. The van der Waals surface area contributed by atoms with Crippen molar-refractivity contribution in [2.75, 3.05) is 19.7 Å². The van der Waals surface area contributed by atoms with Crippen LogP contribution in [0, 0.1) is 17.8 Å². The van der Waals surface area contributed by atoms with Crippen LogP contribution in [0.1, 0.15) is 54.4 Å². The van der Waals surface area contributed by atoms with Crippen LogP contribution in [0.25, 0.3) is 0 Å². The fraction of sp³-hybridized carbons (Fsp3) is 0.842. The molecular weight excluding hydrogens is 336 g/mol. The summed E-state index contributed by atoms with van der Waals surface area (Å²) in [6.45, 7) is 12.7. The molecule has 2 aliphatic heterocycles. The number of ether oxygens (including phenoxy) is 2. The Labute approximate surface area is 156 Å². The minimum atomic E-state index is -0.555. The second-order valence-corrected chi connectivity index (χ2v) is 8.71. The first-order valence-electron chi connectivity index (χ1n) is 9.49. The topological polar surface area (TPSA) is 76.2 Å². The number of amides is 3. The van der Waals surface area contributed by atoms with Crippen LogP contribution < -0.4 is 0 Å². The summed E-state index contributed by atoms with van der Waals surface area (Å²) in [6.07, 6.45) is 0.768. The molecule has 148 valence electrons.